The Morgan fingerprint density at radius 3 is 2.44 bits per heavy atom. The molecule has 0 aliphatic rings. The number of hydrogen-bond donors (Lipinski definition) is 2. The van der Waals surface area contributed by atoms with Crippen LogP contribution in [0.2, 0.25) is 0 Å². The van der Waals surface area contributed by atoms with E-state index in [4.69, 9.17) is 4.74 Å². The molecule has 2 N–H and O–H groups in total. The van der Waals surface area contributed by atoms with Crippen molar-refractivity contribution in [3.8, 4) is 0 Å². The Balaban J connectivity index is 1.66. The number of nitrogens with one attached hydrogen (secondary N) is 2. The highest BCUT2D eigenvalue weighted by Gasteiger charge is 2.08. The first-order valence-electron chi connectivity index (χ1n) is 8.11. The maximum absolute atomic E-state index is 11.8. The van der Waals surface area contributed by atoms with Crippen molar-refractivity contribution in [2.75, 3.05) is 23.8 Å². The predicted octanol–water partition coefficient (Wildman–Crippen LogP) is 2.58. The highest BCUT2D eigenvalue weighted by Crippen LogP contribution is 2.17. The smallest absolute Gasteiger partial charge is 0.308 e. The number of nitrogens with zero attached hydrogens (tertiary/aromatic N) is 2. The molecule has 1 aromatic heterocycles. The Bertz CT molecular complexity index is 687. The van der Waals surface area contributed by atoms with E-state index in [0.717, 1.165) is 0 Å². The summed E-state index contributed by atoms with van der Waals surface area (Å²) < 4.78 is 4.94. The first kappa shape index (κ1) is 18.4. The number of benzene rings is 1. The molecule has 7 heteroatoms. The van der Waals surface area contributed by atoms with Crippen LogP contribution in [0.25, 0.3) is 0 Å². The van der Waals surface area contributed by atoms with E-state index < -0.39 is 5.97 Å². The second-order valence-corrected chi connectivity index (χ2v) is 5.73. The van der Waals surface area contributed by atoms with E-state index in [-0.39, 0.29) is 18.9 Å². The number of aromatic nitrogens is 2. The Kier molecular flexibility index (Phi) is 6.88. The van der Waals surface area contributed by atoms with Crippen molar-refractivity contribution in [1.82, 2.24) is 9.97 Å². The number of anilines is 2. The lowest BCUT2D eigenvalue weighted by Crippen LogP contribution is -2.22. The standard InChI is InChI=1S/C18H22N4O3/c1-13(2)14-4-6-15(7-5-14)22-16(23)12-25-17(24)8-11-21-18-19-9-3-10-20-18/h3-7,9-10,13H,8,11-12H2,1-2H3,(H,22,23)(H,19,20,21). The van der Waals surface area contributed by atoms with Crippen molar-refractivity contribution in [3.05, 3.63) is 48.3 Å². The lowest BCUT2D eigenvalue weighted by Gasteiger charge is -2.09. The fraction of sp³-hybridized carbons (Fsp3) is 0.333. The number of ether oxygens (including phenoxy) is 1. The van der Waals surface area contributed by atoms with E-state index in [1.54, 1.807) is 18.5 Å². The summed E-state index contributed by atoms with van der Waals surface area (Å²) in [7, 11) is 0. The molecule has 1 aromatic carbocycles. The summed E-state index contributed by atoms with van der Waals surface area (Å²) >= 11 is 0. The second kappa shape index (κ2) is 9.36. The molecule has 0 aliphatic heterocycles. The Morgan fingerprint density at radius 2 is 1.80 bits per heavy atom. The van der Waals surface area contributed by atoms with E-state index in [9.17, 15) is 9.59 Å². The topological polar surface area (TPSA) is 93.2 Å². The van der Waals surface area contributed by atoms with Gasteiger partial charge in [-0.1, -0.05) is 26.0 Å². The molecular formula is C18H22N4O3. The monoisotopic (exact) mass is 342 g/mol. The molecular weight excluding hydrogens is 320 g/mol. The van der Waals surface area contributed by atoms with Gasteiger partial charge in [-0.05, 0) is 29.7 Å². The predicted molar refractivity (Wildman–Crippen MR) is 95.3 cm³/mol. The highest BCUT2D eigenvalue weighted by atomic mass is 16.5. The minimum absolute atomic E-state index is 0.120. The van der Waals surface area contributed by atoms with Gasteiger partial charge in [0.15, 0.2) is 6.61 Å². The average molecular weight is 342 g/mol. The van der Waals surface area contributed by atoms with E-state index in [2.05, 4.69) is 34.4 Å². The zero-order valence-electron chi connectivity index (χ0n) is 14.4. The highest BCUT2D eigenvalue weighted by molar-refractivity contribution is 5.92. The van der Waals surface area contributed by atoms with Crippen LogP contribution in [0.4, 0.5) is 11.6 Å². The van der Waals surface area contributed by atoms with Gasteiger partial charge in [0.25, 0.3) is 5.91 Å². The molecule has 0 aliphatic carbocycles. The molecule has 0 bridgehead atoms. The molecule has 0 unspecified atom stereocenters. The molecule has 7 nitrogen and oxygen atoms in total. The third-order valence-electron chi connectivity index (χ3n) is 3.40. The SMILES string of the molecule is CC(C)c1ccc(NC(=O)COC(=O)CCNc2ncccn2)cc1. The Morgan fingerprint density at radius 1 is 1.12 bits per heavy atom. The van der Waals surface area contributed by atoms with Crippen LogP contribution >= 0.6 is 0 Å². The van der Waals surface area contributed by atoms with Crippen LogP contribution in [0, 0.1) is 0 Å². The van der Waals surface area contributed by atoms with Crippen molar-refractivity contribution in [2.24, 2.45) is 0 Å². The van der Waals surface area contributed by atoms with Crippen LogP contribution in [0.1, 0.15) is 31.7 Å². The minimum Gasteiger partial charge on any atom is -0.456 e. The van der Waals surface area contributed by atoms with Crippen molar-refractivity contribution < 1.29 is 14.3 Å². The second-order valence-electron chi connectivity index (χ2n) is 5.73. The van der Waals surface area contributed by atoms with Gasteiger partial charge in [0, 0.05) is 24.6 Å². The first-order valence-corrected chi connectivity index (χ1v) is 8.11. The van der Waals surface area contributed by atoms with Gasteiger partial charge in [0.2, 0.25) is 5.95 Å². The zero-order valence-corrected chi connectivity index (χ0v) is 14.4. The fourth-order valence-electron chi connectivity index (χ4n) is 2.03. The lowest BCUT2D eigenvalue weighted by molar-refractivity contribution is -0.147. The number of carbonyl (C=O) groups excluding carboxylic acids is 2. The van der Waals surface area contributed by atoms with Gasteiger partial charge in [-0.25, -0.2) is 9.97 Å². The van der Waals surface area contributed by atoms with Gasteiger partial charge in [0.1, 0.15) is 0 Å². The quantitative estimate of drug-likeness (QED) is 0.716. The maximum atomic E-state index is 11.8. The Hall–Kier alpha value is -2.96. The van der Waals surface area contributed by atoms with E-state index in [0.29, 0.717) is 24.1 Å². The molecule has 0 radical (unpaired) electrons. The summed E-state index contributed by atoms with van der Waals surface area (Å²) in [5, 5.41) is 5.59. The first-order chi connectivity index (χ1) is 12.0. The van der Waals surface area contributed by atoms with Crippen LogP contribution in [-0.2, 0) is 14.3 Å². The van der Waals surface area contributed by atoms with Crippen LogP contribution in [0.5, 0.6) is 0 Å². The van der Waals surface area contributed by atoms with Crippen molar-refractivity contribution >= 4 is 23.5 Å². The maximum Gasteiger partial charge on any atom is 0.308 e. The van der Waals surface area contributed by atoms with Gasteiger partial charge in [-0.3, -0.25) is 9.59 Å². The van der Waals surface area contributed by atoms with E-state index in [1.165, 1.54) is 5.56 Å². The minimum atomic E-state index is -0.464. The molecule has 132 valence electrons. The van der Waals surface area contributed by atoms with Crippen LogP contribution in [-0.4, -0.2) is 35.0 Å². The lowest BCUT2D eigenvalue weighted by atomic mass is 10.0. The van der Waals surface area contributed by atoms with Gasteiger partial charge in [-0.2, -0.15) is 0 Å². The van der Waals surface area contributed by atoms with Crippen molar-refractivity contribution in [2.45, 2.75) is 26.2 Å². The molecule has 2 aromatic rings. The molecule has 0 spiro atoms. The van der Waals surface area contributed by atoms with E-state index >= 15 is 0 Å². The number of amides is 1. The zero-order chi connectivity index (χ0) is 18.1. The van der Waals surface area contributed by atoms with Gasteiger partial charge < -0.3 is 15.4 Å². The summed E-state index contributed by atoms with van der Waals surface area (Å²) in [5.41, 5.74) is 1.87. The average Bonchev–Trinajstić information content (AvgIpc) is 2.61. The third-order valence-corrected chi connectivity index (χ3v) is 3.40. The normalized spacial score (nSPS) is 10.4. The van der Waals surface area contributed by atoms with Crippen LogP contribution in [0.15, 0.2) is 42.7 Å². The van der Waals surface area contributed by atoms with Gasteiger partial charge in [0.05, 0.1) is 6.42 Å². The van der Waals surface area contributed by atoms with Gasteiger partial charge in [-0.15, -0.1) is 0 Å². The Labute approximate surface area is 146 Å². The largest absolute Gasteiger partial charge is 0.456 e. The molecule has 2 rings (SSSR count). The molecule has 0 saturated heterocycles. The van der Waals surface area contributed by atoms with Crippen LogP contribution < -0.4 is 10.6 Å². The molecule has 0 fully saturated rings. The molecule has 25 heavy (non-hydrogen) atoms. The summed E-state index contributed by atoms with van der Waals surface area (Å²) in [6.07, 6.45) is 3.33. The number of hydrogen-bond acceptors (Lipinski definition) is 6. The fourth-order valence-corrected chi connectivity index (χ4v) is 2.03. The molecule has 1 heterocycles. The number of rotatable bonds is 8. The third kappa shape index (κ3) is 6.58. The summed E-state index contributed by atoms with van der Waals surface area (Å²) in [4.78, 5) is 31.4. The molecule has 1 amide bonds. The van der Waals surface area contributed by atoms with Gasteiger partial charge >= 0.3 is 5.97 Å². The van der Waals surface area contributed by atoms with Crippen molar-refractivity contribution in [1.29, 1.82) is 0 Å². The molecule has 0 atom stereocenters. The summed E-state index contributed by atoms with van der Waals surface area (Å²) in [6.45, 7) is 4.23. The molecule has 0 saturated carbocycles. The number of carbonyl (C=O) groups is 2. The van der Waals surface area contributed by atoms with E-state index in [1.807, 2.05) is 24.3 Å². The number of esters is 1. The van der Waals surface area contributed by atoms with Crippen LogP contribution in [0.3, 0.4) is 0 Å². The summed E-state index contributed by atoms with van der Waals surface area (Å²) in [6, 6.07) is 9.29. The van der Waals surface area contributed by atoms with Crippen molar-refractivity contribution in [3.63, 3.8) is 0 Å². The summed E-state index contributed by atoms with van der Waals surface area (Å²) in [5.74, 6) is 0.0391.